The lowest BCUT2D eigenvalue weighted by Crippen LogP contribution is -2.50. The zero-order chi connectivity index (χ0) is 25.6. The summed E-state index contributed by atoms with van der Waals surface area (Å²) < 4.78 is 146. The highest BCUT2D eigenvalue weighted by Gasteiger charge is 2.73. The Morgan fingerprint density at radius 2 is 1.45 bits per heavy atom. The molecule has 0 aliphatic heterocycles. The summed E-state index contributed by atoms with van der Waals surface area (Å²) in [5, 5.41) is 3.99. The Labute approximate surface area is 191 Å². The third-order valence-corrected chi connectivity index (χ3v) is 5.18. The highest BCUT2D eigenvalue weighted by Crippen LogP contribution is 2.54. The summed E-state index contributed by atoms with van der Waals surface area (Å²) in [6, 6.07) is 2.39. The second-order valence-corrected chi connectivity index (χ2v) is 7.57. The normalized spacial score (nSPS) is 13.1. The number of nitrogens with one attached hydrogen (secondary N) is 2. The Balaban J connectivity index is 2.71. The predicted molar refractivity (Wildman–Crippen MR) is 103 cm³/mol. The molecule has 0 bridgehead atoms. The maximum absolute atomic E-state index is 14.3. The number of rotatable bonds is 4. The van der Waals surface area contributed by atoms with Crippen molar-refractivity contribution in [2.24, 2.45) is 0 Å². The second-order valence-electron chi connectivity index (χ2n) is 6.40. The zero-order valence-corrected chi connectivity index (χ0v) is 18.0. The van der Waals surface area contributed by atoms with Gasteiger partial charge in [0, 0.05) is 16.2 Å². The van der Waals surface area contributed by atoms with Gasteiger partial charge in [0.15, 0.2) is 5.82 Å². The zero-order valence-electron chi connectivity index (χ0n) is 15.8. The molecule has 0 atom stereocenters. The lowest BCUT2D eigenvalue weighted by molar-refractivity contribution is -0.348. The fraction of sp³-hybridized carbons (Fsp3) is 0.278. The predicted octanol–water partition coefficient (Wildman–Crippen LogP) is 7.03. The van der Waals surface area contributed by atoms with E-state index in [0.29, 0.717) is 0 Å². The first-order chi connectivity index (χ1) is 14.9. The first kappa shape index (κ1) is 26.9. The molecule has 0 aromatic heterocycles. The van der Waals surface area contributed by atoms with E-state index in [1.165, 1.54) is 13.1 Å². The maximum atomic E-state index is 14.3. The average Bonchev–Trinajstić information content (AvgIpc) is 2.66. The summed E-state index contributed by atoms with van der Waals surface area (Å²) >= 11 is 0.901. The molecule has 33 heavy (non-hydrogen) atoms. The molecule has 1 amide bonds. The van der Waals surface area contributed by atoms with Crippen molar-refractivity contribution in [2.75, 3.05) is 17.7 Å². The van der Waals surface area contributed by atoms with Gasteiger partial charge >= 0.3 is 24.2 Å². The molecule has 0 aliphatic carbocycles. The quantitative estimate of drug-likeness (QED) is 0.290. The van der Waals surface area contributed by atoms with E-state index < -0.39 is 67.9 Å². The minimum Gasteiger partial charge on any atom is -0.386 e. The molecular formula is C18H10F11IN2O. The van der Waals surface area contributed by atoms with Crippen LogP contribution < -0.4 is 10.6 Å². The Kier molecular flexibility index (Phi) is 7.17. The van der Waals surface area contributed by atoms with Gasteiger partial charge in [-0.15, -0.1) is 0 Å². The van der Waals surface area contributed by atoms with Gasteiger partial charge in [0.2, 0.25) is 0 Å². The van der Waals surface area contributed by atoms with Gasteiger partial charge in [-0.05, 0) is 46.9 Å². The van der Waals surface area contributed by atoms with Gasteiger partial charge in [-0.3, -0.25) is 4.79 Å². The van der Waals surface area contributed by atoms with E-state index in [-0.39, 0.29) is 11.8 Å². The summed E-state index contributed by atoms with van der Waals surface area (Å²) in [6.07, 6.45) is -18.9. The number of amides is 1. The Morgan fingerprint density at radius 1 is 0.909 bits per heavy atom. The summed E-state index contributed by atoms with van der Waals surface area (Å²) in [5.74, 6) is -2.67. The van der Waals surface area contributed by atoms with Crippen molar-refractivity contribution < 1.29 is 53.1 Å². The van der Waals surface area contributed by atoms with Gasteiger partial charge in [-0.25, -0.2) is 8.78 Å². The Morgan fingerprint density at radius 3 is 1.91 bits per heavy atom. The summed E-state index contributed by atoms with van der Waals surface area (Å²) in [5.41, 5.74) is -13.0. The molecule has 0 saturated heterocycles. The van der Waals surface area contributed by atoms with E-state index in [0.717, 1.165) is 34.7 Å². The molecule has 0 saturated carbocycles. The molecular weight excluding hydrogens is 596 g/mol. The highest BCUT2D eigenvalue weighted by molar-refractivity contribution is 14.1. The summed E-state index contributed by atoms with van der Waals surface area (Å²) in [6.45, 7) is 0. The topological polar surface area (TPSA) is 41.1 Å². The molecule has 0 heterocycles. The molecule has 0 spiro atoms. The van der Waals surface area contributed by atoms with Crippen LogP contribution in [0.2, 0.25) is 0 Å². The van der Waals surface area contributed by atoms with Crippen molar-refractivity contribution in [1.29, 1.82) is 0 Å². The van der Waals surface area contributed by atoms with Crippen molar-refractivity contribution in [3.63, 3.8) is 0 Å². The van der Waals surface area contributed by atoms with Crippen LogP contribution in [0.25, 0.3) is 0 Å². The second kappa shape index (κ2) is 8.79. The molecule has 15 heteroatoms. The number of halogens is 12. The molecule has 2 aromatic rings. The third kappa shape index (κ3) is 4.96. The van der Waals surface area contributed by atoms with Gasteiger partial charge in [0.25, 0.3) is 5.91 Å². The highest BCUT2D eigenvalue weighted by atomic mass is 127. The molecule has 0 aliphatic rings. The van der Waals surface area contributed by atoms with Crippen molar-refractivity contribution >= 4 is 39.9 Å². The molecule has 0 unspecified atom stereocenters. The molecule has 2 aromatic carbocycles. The number of hydrogen-bond donors (Lipinski definition) is 2. The van der Waals surface area contributed by atoms with Crippen molar-refractivity contribution in [1.82, 2.24) is 0 Å². The number of carbonyl (C=O) groups is 1. The molecule has 182 valence electrons. The number of anilines is 2. The largest absolute Gasteiger partial charge is 0.435 e. The van der Waals surface area contributed by atoms with Crippen LogP contribution in [0.3, 0.4) is 0 Å². The van der Waals surface area contributed by atoms with Crippen LogP contribution in [-0.4, -0.2) is 25.3 Å². The third-order valence-electron chi connectivity index (χ3n) is 4.33. The lowest BCUT2D eigenvalue weighted by atomic mass is 9.92. The molecule has 2 N–H and O–H groups in total. The minimum absolute atomic E-state index is 0.132. The molecule has 2 rings (SSSR count). The number of alkyl halides is 10. The van der Waals surface area contributed by atoms with Gasteiger partial charge in [0.05, 0.1) is 22.5 Å². The fourth-order valence-electron chi connectivity index (χ4n) is 2.73. The molecule has 3 nitrogen and oxygen atoms in total. The van der Waals surface area contributed by atoms with Crippen LogP contribution in [0.15, 0.2) is 30.3 Å². The number of hydrogen-bond acceptors (Lipinski definition) is 2. The molecule has 0 fully saturated rings. The van der Waals surface area contributed by atoms with Gasteiger partial charge < -0.3 is 10.6 Å². The number of benzene rings is 2. The van der Waals surface area contributed by atoms with Gasteiger partial charge in [-0.1, -0.05) is 6.07 Å². The van der Waals surface area contributed by atoms with Gasteiger partial charge in [0.1, 0.15) is 0 Å². The number of carbonyl (C=O) groups excluding carboxylic acids is 1. The van der Waals surface area contributed by atoms with Crippen LogP contribution in [-0.2, 0) is 11.8 Å². The van der Waals surface area contributed by atoms with E-state index in [9.17, 15) is 53.1 Å². The minimum atomic E-state index is -6.65. The van der Waals surface area contributed by atoms with Crippen molar-refractivity contribution in [3.05, 3.63) is 56.4 Å². The smallest absolute Gasteiger partial charge is 0.386 e. The van der Waals surface area contributed by atoms with E-state index >= 15 is 0 Å². The Hall–Kier alpha value is -2.33. The van der Waals surface area contributed by atoms with Gasteiger partial charge in [-0.2, -0.15) is 39.5 Å². The van der Waals surface area contributed by atoms with E-state index in [1.54, 1.807) is 5.32 Å². The van der Waals surface area contributed by atoms with Crippen LogP contribution >= 0.6 is 22.6 Å². The lowest BCUT2D eigenvalue weighted by Gasteiger charge is -2.31. The maximum Gasteiger partial charge on any atom is 0.435 e. The van der Waals surface area contributed by atoms with Crippen LogP contribution in [0.4, 0.5) is 59.7 Å². The first-order valence-electron chi connectivity index (χ1n) is 8.37. The van der Waals surface area contributed by atoms with E-state index in [4.69, 9.17) is 0 Å². The van der Waals surface area contributed by atoms with Crippen LogP contribution in [0.1, 0.15) is 21.5 Å². The standard InChI is InChI=1S/C18H10F11IN2O/c1-31-11-4-2-3-8(12(11)19)14(33)32-13-9(16(21,22)23)5-7(6-10(13)30)15(20,17(24,25)26)18(27,28)29/h2-6,31H,1H3,(H,32,33). The SMILES string of the molecule is CNc1cccc(C(=O)Nc2c(I)cc(C(F)(C(F)(F)F)C(F)(F)F)cc2C(F)(F)F)c1F. The van der Waals surface area contributed by atoms with Crippen LogP contribution in [0, 0.1) is 9.39 Å². The monoisotopic (exact) mass is 606 g/mol. The molecule has 0 radical (unpaired) electrons. The Bertz CT molecular complexity index is 1050. The first-order valence-corrected chi connectivity index (χ1v) is 9.45. The van der Waals surface area contributed by atoms with E-state index in [2.05, 4.69) is 5.32 Å². The van der Waals surface area contributed by atoms with E-state index in [1.807, 2.05) is 0 Å². The average molecular weight is 606 g/mol. The fourth-order valence-corrected chi connectivity index (χ4v) is 3.49. The van der Waals surface area contributed by atoms with Crippen molar-refractivity contribution in [3.8, 4) is 0 Å². The summed E-state index contributed by atoms with van der Waals surface area (Å²) in [7, 11) is 1.27. The van der Waals surface area contributed by atoms with Crippen LogP contribution in [0.5, 0.6) is 0 Å². The van der Waals surface area contributed by atoms with Crippen molar-refractivity contribution in [2.45, 2.75) is 24.2 Å². The summed E-state index contributed by atoms with van der Waals surface area (Å²) in [4.78, 5) is 12.4.